The highest BCUT2D eigenvalue weighted by Gasteiger charge is 2.02. The summed E-state index contributed by atoms with van der Waals surface area (Å²) in [5.41, 5.74) is 1.72. The Bertz CT molecular complexity index is 549. The molecule has 0 aliphatic carbocycles. The zero-order chi connectivity index (χ0) is 13.7. The summed E-state index contributed by atoms with van der Waals surface area (Å²) < 4.78 is 6.70. The minimum absolute atomic E-state index is 0.0977. The molecule has 0 aliphatic rings. The second-order valence-electron chi connectivity index (χ2n) is 4.02. The molecule has 2 aromatic rings. The van der Waals surface area contributed by atoms with E-state index in [0.717, 1.165) is 15.8 Å². The molecule has 2 rings (SSSR count). The largest absolute Gasteiger partial charge is 0.489 e. The molecule has 4 heteroatoms. The first-order valence-corrected chi connectivity index (χ1v) is 6.68. The Kier molecular flexibility index (Phi) is 4.58. The fourth-order valence-electron chi connectivity index (χ4n) is 1.59. The molecule has 1 N–H and O–H groups in total. The fraction of sp³-hybridized carbons (Fsp3) is 0.133. The number of benzene rings is 2. The molecule has 0 saturated heterocycles. The molecule has 0 aliphatic heterocycles. The molecule has 0 fully saturated rings. The highest BCUT2D eigenvalue weighted by atomic mass is 79.9. The third-order valence-electron chi connectivity index (χ3n) is 2.66. The van der Waals surface area contributed by atoms with E-state index in [4.69, 9.17) is 4.74 Å². The summed E-state index contributed by atoms with van der Waals surface area (Å²) in [5.74, 6) is 0.648. The van der Waals surface area contributed by atoms with Crippen LogP contribution in [0.15, 0.2) is 53.0 Å². The summed E-state index contributed by atoms with van der Waals surface area (Å²) in [6, 6.07) is 15.0. The Hall–Kier alpha value is -1.81. The van der Waals surface area contributed by atoms with Crippen molar-refractivity contribution in [2.75, 3.05) is 7.05 Å². The van der Waals surface area contributed by atoms with Crippen LogP contribution in [0.2, 0.25) is 0 Å². The lowest BCUT2D eigenvalue weighted by atomic mass is 10.2. The Morgan fingerprint density at radius 2 is 1.74 bits per heavy atom. The number of ether oxygens (including phenoxy) is 1. The Morgan fingerprint density at radius 3 is 2.32 bits per heavy atom. The van der Waals surface area contributed by atoms with E-state index in [2.05, 4.69) is 21.2 Å². The van der Waals surface area contributed by atoms with Crippen molar-refractivity contribution in [2.45, 2.75) is 6.61 Å². The summed E-state index contributed by atoms with van der Waals surface area (Å²) in [7, 11) is 1.61. The average Bonchev–Trinajstić information content (AvgIpc) is 2.46. The van der Waals surface area contributed by atoms with E-state index >= 15 is 0 Å². The molecule has 19 heavy (non-hydrogen) atoms. The van der Waals surface area contributed by atoms with Gasteiger partial charge in [-0.2, -0.15) is 0 Å². The number of carbonyl (C=O) groups is 1. The molecule has 3 nitrogen and oxygen atoms in total. The van der Waals surface area contributed by atoms with Gasteiger partial charge in [-0.15, -0.1) is 0 Å². The third-order valence-corrected chi connectivity index (χ3v) is 3.19. The van der Waals surface area contributed by atoms with Crippen LogP contribution in [0.3, 0.4) is 0 Å². The number of hydrogen-bond acceptors (Lipinski definition) is 2. The van der Waals surface area contributed by atoms with E-state index in [1.165, 1.54) is 0 Å². The van der Waals surface area contributed by atoms with Crippen molar-refractivity contribution in [1.29, 1.82) is 0 Å². The van der Waals surface area contributed by atoms with Gasteiger partial charge < -0.3 is 10.1 Å². The van der Waals surface area contributed by atoms with Crippen LogP contribution in [-0.4, -0.2) is 13.0 Å². The molecule has 0 atom stereocenters. The molecular formula is C15H14BrNO2. The third kappa shape index (κ3) is 3.83. The van der Waals surface area contributed by atoms with Gasteiger partial charge in [0.2, 0.25) is 0 Å². The molecule has 0 bridgehead atoms. The SMILES string of the molecule is CNC(=O)c1ccc(OCc2ccc(Br)cc2)cc1. The summed E-state index contributed by atoms with van der Waals surface area (Å²) in [4.78, 5) is 11.4. The molecule has 0 radical (unpaired) electrons. The van der Waals surface area contributed by atoms with E-state index in [0.29, 0.717) is 12.2 Å². The average molecular weight is 320 g/mol. The molecule has 0 heterocycles. The van der Waals surface area contributed by atoms with Crippen molar-refractivity contribution < 1.29 is 9.53 Å². The van der Waals surface area contributed by atoms with E-state index in [9.17, 15) is 4.79 Å². The molecular weight excluding hydrogens is 306 g/mol. The maximum atomic E-state index is 11.4. The number of nitrogens with one attached hydrogen (secondary N) is 1. The predicted molar refractivity (Wildman–Crippen MR) is 78.3 cm³/mol. The highest BCUT2D eigenvalue weighted by Crippen LogP contribution is 2.15. The summed E-state index contributed by atoms with van der Waals surface area (Å²) in [6.07, 6.45) is 0. The Labute approximate surface area is 120 Å². The Balaban J connectivity index is 1.96. The second-order valence-corrected chi connectivity index (χ2v) is 4.93. The quantitative estimate of drug-likeness (QED) is 0.938. The van der Waals surface area contributed by atoms with Crippen molar-refractivity contribution >= 4 is 21.8 Å². The van der Waals surface area contributed by atoms with Crippen molar-refractivity contribution in [3.8, 4) is 5.75 Å². The Morgan fingerprint density at radius 1 is 1.11 bits per heavy atom. The van der Waals surface area contributed by atoms with Gasteiger partial charge in [-0.05, 0) is 42.0 Å². The molecule has 1 amide bonds. The number of hydrogen-bond donors (Lipinski definition) is 1. The van der Waals surface area contributed by atoms with Gasteiger partial charge in [0.05, 0.1) is 0 Å². The van der Waals surface area contributed by atoms with Gasteiger partial charge in [0, 0.05) is 17.1 Å². The smallest absolute Gasteiger partial charge is 0.251 e. The summed E-state index contributed by atoms with van der Waals surface area (Å²) in [6.45, 7) is 0.507. The first-order valence-electron chi connectivity index (χ1n) is 5.88. The monoisotopic (exact) mass is 319 g/mol. The zero-order valence-corrected chi connectivity index (χ0v) is 12.1. The lowest BCUT2D eigenvalue weighted by molar-refractivity contribution is 0.0963. The van der Waals surface area contributed by atoms with E-state index in [1.807, 2.05) is 24.3 Å². The van der Waals surface area contributed by atoms with Gasteiger partial charge >= 0.3 is 0 Å². The van der Waals surface area contributed by atoms with Crippen molar-refractivity contribution in [2.24, 2.45) is 0 Å². The lowest BCUT2D eigenvalue weighted by Crippen LogP contribution is -2.17. The molecule has 98 valence electrons. The van der Waals surface area contributed by atoms with Crippen LogP contribution < -0.4 is 10.1 Å². The second kappa shape index (κ2) is 6.38. The van der Waals surface area contributed by atoms with Gasteiger partial charge in [0.25, 0.3) is 5.91 Å². The van der Waals surface area contributed by atoms with Gasteiger partial charge in [-0.1, -0.05) is 28.1 Å². The van der Waals surface area contributed by atoms with Crippen LogP contribution in [0, 0.1) is 0 Å². The normalized spacial score (nSPS) is 10.0. The molecule has 0 aromatic heterocycles. The fourth-order valence-corrected chi connectivity index (χ4v) is 1.86. The maximum Gasteiger partial charge on any atom is 0.251 e. The van der Waals surface area contributed by atoms with Gasteiger partial charge in [0.15, 0.2) is 0 Å². The predicted octanol–water partition coefficient (Wildman–Crippen LogP) is 3.39. The molecule has 0 saturated carbocycles. The highest BCUT2D eigenvalue weighted by molar-refractivity contribution is 9.10. The van der Waals surface area contributed by atoms with E-state index < -0.39 is 0 Å². The lowest BCUT2D eigenvalue weighted by Gasteiger charge is -2.07. The van der Waals surface area contributed by atoms with Gasteiger partial charge in [-0.25, -0.2) is 0 Å². The van der Waals surface area contributed by atoms with Gasteiger partial charge in [0.1, 0.15) is 12.4 Å². The minimum Gasteiger partial charge on any atom is -0.489 e. The van der Waals surface area contributed by atoms with Crippen LogP contribution in [0.1, 0.15) is 15.9 Å². The van der Waals surface area contributed by atoms with Crippen molar-refractivity contribution in [1.82, 2.24) is 5.32 Å². The summed E-state index contributed by atoms with van der Waals surface area (Å²) in [5, 5.41) is 2.58. The van der Waals surface area contributed by atoms with Crippen LogP contribution >= 0.6 is 15.9 Å². The maximum absolute atomic E-state index is 11.4. The van der Waals surface area contributed by atoms with Crippen molar-refractivity contribution in [3.05, 3.63) is 64.1 Å². The number of amides is 1. The number of carbonyl (C=O) groups excluding carboxylic acids is 1. The summed E-state index contributed by atoms with van der Waals surface area (Å²) >= 11 is 3.39. The van der Waals surface area contributed by atoms with Gasteiger partial charge in [-0.3, -0.25) is 4.79 Å². The first-order chi connectivity index (χ1) is 9.19. The first kappa shape index (κ1) is 13.6. The van der Waals surface area contributed by atoms with Crippen LogP contribution in [0.5, 0.6) is 5.75 Å². The van der Waals surface area contributed by atoms with E-state index in [-0.39, 0.29) is 5.91 Å². The minimum atomic E-state index is -0.0977. The van der Waals surface area contributed by atoms with Crippen LogP contribution in [0.25, 0.3) is 0 Å². The zero-order valence-electron chi connectivity index (χ0n) is 10.5. The van der Waals surface area contributed by atoms with Crippen LogP contribution in [0.4, 0.5) is 0 Å². The standard InChI is InChI=1S/C15H14BrNO2/c1-17-15(18)12-4-8-14(9-5-12)19-10-11-2-6-13(16)7-3-11/h2-9H,10H2,1H3,(H,17,18). The molecule has 0 unspecified atom stereocenters. The van der Waals surface area contributed by atoms with E-state index in [1.54, 1.807) is 31.3 Å². The van der Waals surface area contributed by atoms with Crippen molar-refractivity contribution in [3.63, 3.8) is 0 Å². The number of rotatable bonds is 4. The topological polar surface area (TPSA) is 38.3 Å². The van der Waals surface area contributed by atoms with Crippen LogP contribution in [-0.2, 0) is 6.61 Å². The molecule has 0 spiro atoms. The molecule has 2 aromatic carbocycles. The number of halogens is 1.